The van der Waals surface area contributed by atoms with Crippen LogP contribution >= 0.6 is 34.8 Å². The first-order chi connectivity index (χ1) is 19.9. The Bertz CT molecular complexity index is 1360. The Labute approximate surface area is 254 Å². The highest BCUT2D eigenvalue weighted by molar-refractivity contribution is 6.36. The summed E-state index contributed by atoms with van der Waals surface area (Å²) in [5.41, 5.74) is 1.82. The van der Waals surface area contributed by atoms with Crippen LogP contribution in [-0.4, -0.2) is 109 Å². The van der Waals surface area contributed by atoms with E-state index in [4.69, 9.17) is 39.5 Å². The lowest BCUT2D eigenvalue weighted by atomic mass is 10.1. The third-order valence-electron chi connectivity index (χ3n) is 7.32. The van der Waals surface area contributed by atoms with E-state index in [2.05, 4.69) is 20.0 Å². The van der Waals surface area contributed by atoms with Gasteiger partial charge in [0.1, 0.15) is 6.54 Å². The van der Waals surface area contributed by atoms with Crippen LogP contribution in [0.1, 0.15) is 10.4 Å². The van der Waals surface area contributed by atoms with Crippen molar-refractivity contribution in [2.45, 2.75) is 0 Å². The molecule has 0 bridgehead atoms. The van der Waals surface area contributed by atoms with Crippen LogP contribution in [-0.2, 0) is 9.53 Å². The van der Waals surface area contributed by atoms with Gasteiger partial charge < -0.3 is 19.4 Å². The van der Waals surface area contributed by atoms with Gasteiger partial charge in [0.2, 0.25) is 5.91 Å². The molecule has 1 aromatic heterocycles. The molecule has 0 saturated carbocycles. The van der Waals surface area contributed by atoms with Crippen LogP contribution in [0.15, 0.2) is 54.6 Å². The SMILES string of the molecule is O=C(CN(CCN1CCOCC1)C(=O)c1ccccc1Cl)N1CCN(c2ccc(-c3ccc(Cl)cc3Cl)nn2)CC1. The maximum atomic E-state index is 13.5. The Balaban J connectivity index is 1.19. The summed E-state index contributed by atoms with van der Waals surface area (Å²) in [4.78, 5) is 34.6. The predicted octanol–water partition coefficient (Wildman–Crippen LogP) is 4.23. The summed E-state index contributed by atoms with van der Waals surface area (Å²) in [7, 11) is 0. The molecule has 41 heavy (non-hydrogen) atoms. The second kappa shape index (κ2) is 13.8. The van der Waals surface area contributed by atoms with E-state index in [0.717, 1.165) is 24.5 Å². The maximum Gasteiger partial charge on any atom is 0.255 e. The van der Waals surface area contributed by atoms with Crippen molar-refractivity contribution in [3.8, 4) is 11.3 Å². The van der Waals surface area contributed by atoms with Crippen LogP contribution in [0.3, 0.4) is 0 Å². The molecule has 0 unspecified atom stereocenters. The van der Waals surface area contributed by atoms with E-state index in [-0.39, 0.29) is 18.4 Å². The van der Waals surface area contributed by atoms with E-state index in [0.29, 0.717) is 78.8 Å². The molecule has 3 heterocycles. The van der Waals surface area contributed by atoms with E-state index in [9.17, 15) is 9.59 Å². The fourth-order valence-electron chi connectivity index (χ4n) is 4.93. The number of ether oxygens (including phenoxy) is 1. The zero-order valence-electron chi connectivity index (χ0n) is 22.5. The highest BCUT2D eigenvalue weighted by Gasteiger charge is 2.27. The molecule has 2 aliphatic rings. The lowest BCUT2D eigenvalue weighted by Gasteiger charge is -2.36. The van der Waals surface area contributed by atoms with E-state index < -0.39 is 0 Å². The number of amides is 2. The minimum absolute atomic E-state index is 0.00918. The molecule has 12 heteroatoms. The number of carbonyl (C=O) groups is 2. The highest BCUT2D eigenvalue weighted by atomic mass is 35.5. The van der Waals surface area contributed by atoms with Gasteiger partial charge in [-0.15, -0.1) is 10.2 Å². The standard InChI is InChI=1S/C29H31Cl3N6O3/c30-21-5-6-22(25(32)19-21)26-7-8-27(34-33-26)36-11-13-37(14-12-36)28(39)20-38(10-9-35-15-17-41-18-16-35)29(40)23-3-1-2-4-24(23)31/h1-8,19H,9-18,20H2. The lowest BCUT2D eigenvalue weighted by Crippen LogP contribution is -2.53. The minimum Gasteiger partial charge on any atom is -0.379 e. The predicted molar refractivity (Wildman–Crippen MR) is 161 cm³/mol. The summed E-state index contributed by atoms with van der Waals surface area (Å²) >= 11 is 18.7. The maximum absolute atomic E-state index is 13.5. The van der Waals surface area contributed by atoms with Crippen LogP contribution < -0.4 is 4.90 Å². The van der Waals surface area contributed by atoms with Crippen LogP contribution in [0.5, 0.6) is 0 Å². The molecule has 216 valence electrons. The molecule has 2 fully saturated rings. The average molecular weight is 618 g/mol. The average Bonchev–Trinajstić information content (AvgIpc) is 3.00. The number of rotatable bonds is 8. The van der Waals surface area contributed by atoms with Crippen molar-refractivity contribution in [3.05, 3.63) is 75.2 Å². The summed E-state index contributed by atoms with van der Waals surface area (Å²) in [6.45, 7) is 6.28. The van der Waals surface area contributed by atoms with Crippen molar-refractivity contribution in [2.24, 2.45) is 0 Å². The largest absolute Gasteiger partial charge is 0.379 e. The molecule has 0 spiro atoms. The number of nitrogens with zero attached hydrogens (tertiary/aromatic N) is 6. The number of hydrogen-bond acceptors (Lipinski definition) is 7. The van der Waals surface area contributed by atoms with Gasteiger partial charge >= 0.3 is 0 Å². The molecular weight excluding hydrogens is 587 g/mol. The fourth-order valence-corrected chi connectivity index (χ4v) is 5.65. The van der Waals surface area contributed by atoms with Crippen LogP contribution in [0.2, 0.25) is 15.1 Å². The summed E-state index contributed by atoms with van der Waals surface area (Å²) < 4.78 is 5.44. The molecule has 9 nitrogen and oxygen atoms in total. The Kier molecular flexibility index (Phi) is 9.95. The molecular formula is C29H31Cl3N6O3. The second-order valence-electron chi connectivity index (χ2n) is 9.93. The van der Waals surface area contributed by atoms with Crippen molar-refractivity contribution >= 4 is 52.4 Å². The van der Waals surface area contributed by atoms with E-state index in [1.807, 2.05) is 18.2 Å². The first-order valence-electron chi connectivity index (χ1n) is 13.5. The van der Waals surface area contributed by atoms with Crippen molar-refractivity contribution in [1.29, 1.82) is 0 Å². The fraction of sp³-hybridized carbons (Fsp3) is 0.379. The van der Waals surface area contributed by atoms with Crippen LogP contribution in [0.4, 0.5) is 5.82 Å². The Morgan fingerprint density at radius 2 is 1.61 bits per heavy atom. The van der Waals surface area contributed by atoms with Crippen LogP contribution in [0, 0.1) is 0 Å². The molecule has 0 radical (unpaired) electrons. The summed E-state index contributed by atoms with van der Waals surface area (Å²) in [6, 6.07) is 16.0. The number of aromatic nitrogens is 2. The normalized spacial score (nSPS) is 16.1. The Hall–Kier alpha value is -2.95. The quantitative estimate of drug-likeness (QED) is 0.374. The van der Waals surface area contributed by atoms with Gasteiger partial charge in [0, 0.05) is 62.9 Å². The number of piperazine rings is 1. The van der Waals surface area contributed by atoms with Gasteiger partial charge in [-0.25, -0.2) is 0 Å². The number of anilines is 1. The molecule has 3 aromatic rings. The van der Waals surface area contributed by atoms with E-state index in [1.54, 1.807) is 46.2 Å². The van der Waals surface area contributed by atoms with Crippen LogP contribution in [0.25, 0.3) is 11.3 Å². The van der Waals surface area contributed by atoms with Gasteiger partial charge in [-0.1, -0.05) is 46.9 Å². The molecule has 0 aliphatic carbocycles. The zero-order chi connectivity index (χ0) is 28.8. The van der Waals surface area contributed by atoms with Gasteiger partial charge in [-0.05, 0) is 42.5 Å². The smallest absolute Gasteiger partial charge is 0.255 e. The number of halogens is 3. The third kappa shape index (κ3) is 7.47. The van der Waals surface area contributed by atoms with Crippen molar-refractivity contribution in [1.82, 2.24) is 24.9 Å². The van der Waals surface area contributed by atoms with Gasteiger partial charge in [-0.2, -0.15) is 0 Å². The second-order valence-corrected chi connectivity index (χ2v) is 11.2. The van der Waals surface area contributed by atoms with Gasteiger partial charge in [0.05, 0.1) is 34.5 Å². The number of hydrogen-bond donors (Lipinski definition) is 0. The first-order valence-corrected chi connectivity index (χ1v) is 14.7. The topological polar surface area (TPSA) is 82.1 Å². The van der Waals surface area contributed by atoms with Crippen molar-refractivity contribution in [2.75, 3.05) is 77.0 Å². The Morgan fingerprint density at radius 3 is 2.29 bits per heavy atom. The van der Waals surface area contributed by atoms with E-state index >= 15 is 0 Å². The molecule has 2 aromatic carbocycles. The summed E-state index contributed by atoms with van der Waals surface area (Å²) in [5.74, 6) is 0.393. The number of morpholine rings is 1. The van der Waals surface area contributed by atoms with Gasteiger partial charge in [-0.3, -0.25) is 14.5 Å². The lowest BCUT2D eigenvalue weighted by molar-refractivity contribution is -0.132. The molecule has 0 atom stereocenters. The Morgan fingerprint density at radius 1 is 0.854 bits per heavy atom. The van der Waals surface area contributed by atoms with Crippen molar-refractivity contribution in [3.63, 3.8) is 0 Å². The summed E-state index contributed by atoms with van der Waals surface area (Å²) in [6.07, 6.45) is 0. The van der Waals surface area contributed by atoms with Gasteiger partial charge in [0.25, 0.3) is 5.91 Å². The third-order valence-corrected chi connectivity index (χ3v) is 8.20. The number of benzene rings is 2. The molecule has 2 aliphatic heterocycles. The van der Waals surface area contributed by atoms with E-state index in [1.165, 1.54) is 0 Å². The monoisotopic (exact) mass is 616 g/mol. The molecule has 0 N–H and O–H groups in total. The van der Waals surface area contributed by atoms with Crippen molar-refractivity contribution < 1.29 is 14.3 Å². The highest BCUT2D eigenvalue weighted by Crippen LogP contribution is 2.29. The molecule has 2 amide bonds. The van der Waals surface area contributed by atoms with Gasteiger partial charge in [0.15, 0.2) is 5.82 Å². The molecule has 5 rings (SSSR count). The zero-order valence-corrected chi connectivity index (χ0v) is 24.8. The number of carbonyl (C=O) groups excluding carboxylic acids is 2. The summed E-state index contributed by atoms with van der Waals surface area (Å²) in [5, 5.41) is 10.2. The molecule has 2 saturated heterocycles. The first kappa shape index (κ1) is 29.5. The minimum atomic E-state index is -0.244.